The van der Waals surface area contributed by atoms with E-state index in [1.807, 2.05) is 0 Å². The molecule has 1 aliphatic rings. The minimum atomic E-state index is -4.62. The zero-order valence-electron chi connectivity index (χ0n) is 17.4. The molecule has 1 aliphatic heterocycles. The van der Waals surface area contributed by atoms with E-state index in [1.54, 1.807) is 24.3 Å². The number of carbonyl (C=O) groups is 2. The maximum Gasteiger partial charge on any atom is 0.487 e. The predicted molar refractivity (Wildman–Crippen MR) is 112 cm³/mol. The lowest BCUT2D eigenvalue weighted by atomic mass is 10.0. The summed E-state index contributed by atoms with van der Waals surface area (Å²) in [5.74, 6) is -11.5. The van der Waals surface area contributed by atoms with Gasteiger partial charge in [0, 0.05) is 30.0 Å². The smallest absolute Gasteiger partial charge is 0.477 e. The molecule has 0 amide bonds. The van der Waals surface area contributed by atoms with Crippen molar-refractivity contribution < 1.29 is 41.4 Å². The van der Waals surface area contributed by atoms with Gasteiger partial charge < -0.3 is 15.2 Å². The highest BCUT2D eigenvalue weighted by Gasteiger charge is 2.35. The fraction of sp³-hybridized carbons (Fsp3) is 0.273. The Kier molecular flexibility index (Phi) is 7.78. The lowest BCUT2D eigenvalue weighted by molar-refractivity contribution is -0.132. The van der Waals surface area contributed by atoms with Crippen LogP contribution in [-0.2, 0) is 11.3 Å². The molecular formula is C22H18ClF5N2O4. The Labute approximate surface area is 195 Å². The molecule has 34 heavy (non-hydrogen) atoms. The molecule has 2 aromatic rings. The zero-order chi connectivity index (χ0) is 25.0. The molecule has 12 heteroatoms. The summed E-state index contributed by atoms with van der Waals surface area (Å²) in [6, 6.07) is 6.87. The van der Waals surface area contributed by atoms with Gasteiger partial charge in [-0.05, 0) is 49.7 Å². The van der Waals surface area contributed by atoms with E-state index >= 15 is 0 Å². The number of hydrogen-bond acceptors (Lipinski definition) is 5. The number of ether oxygens (including phenoxy) is 1. The van der Waals surface area contributed by atoms with Crippen LogP contribution in [0.4, 0.5) is 27.6 Å². The van der Waals surface area contributed by atoms with Gasteiger partial charge in [-0.1, -0.05) is 12.1 Å². The van der Waals surface area contributed by atoms with Crippen LogP contribution in [0.25, 0.3) is 0 Å². The summed E-state index contributed by atoms with van der Waals surface area (Å²) in [4.78, 5) is 26.4. The van der Waals surface area contributed by atoms with Crippen molar-refractivity contribution in [3.8, 4) is 5.75 Å². The van der Waals surface area contributed by atoms with E-state index < -0.39 is 51.7 Å². The van der Waals surface area contributed by atoms with Gasteiger partial charge in [-0.3, -0.25) is 9.69 Å². The lowest BCUT2D eigenvalue weighted by Crippen LogP contribution is -2.21. The lowest BCUT2D eigenvalue weighted by Gasteiger charge is -2.15. The Morgan fingerprint density at radius 3 is 2.29 bits per heavy atom. The minimum absolute atomic E-state index is 0.0379. The molecule has 0 radical (unpaired) electrons. The van der Waals surface area contributed by atoms with E-state index in [9.17, 15) is 36.6 Å². The molecule has 0 bridgehead atoms. The summed E-state index contributed by atoms with van der Waals surface area (Å²) in [6.07, 6.45) is 2.99. The van der Waals surface area contributed by atoms with Crippen LogP contribution in [0.3, 0.4) is 0 Å². The van der Waals surface area contributed by atoms with Crippen molar-refractivity contribution in [2.45, 2.75) is 25.0 Å². The number of Topliss-reactive ketones (excluding diaryl/α,β-unsaturated/α-hetero) is 1. The molecule has 0 unspecified atom stereocenters. The molecule has 0 aliphatic carbocycles. The van der Waals surface area contributed by atoms with E-state index in [0.717, 1.165) is 44.2 Å². The number of alkyl halides is 3. The van der Waals surface area contributed by atoms with Crippen LogP contribution in [0, 0.1) is 17.5 Å². The SMILES string of the molecule is O=C(O)/C(=C\Nc1ccc(CN2CCCC2)cc1)C(=O)c1cc(F)c(F)c(OC(F)(F)Cl)c1F. The molecule has 6 nitrogen and oxygen atoms in total. The van der Waals surface area contributed by atoms with Crippen LogP contribution < -0.4 is 10.1 Å². The molecule has 1 fully saturated rings. The molecule has 0 aromatic heterocycles. The number of likely N-dealkylation sites (tertiary alicyclic amines) is 1. The quantitative estimate of drug-likeness (QED) is 0.0937. The van der Waals surface area contributed by atoms with Gasteiger partial charge in [-0.15, -0.1) is 8.78 Å². The fourth-order valence-corrected chi connectivity index (χ4v) is 3.46. The van der Waals surface area contributed by atoms with Crippen LogP contribution >= 0.6 is 11.6 Å². The number of ketones is 1. The van der Waals surface area contributed by atoms with Crippen LogP contribution in [0.1, 0.15) is 28.8 Å². The average molecular weight is 505 g/mol. The predicted octanol–water partition coefficient (Wildman–Crippen LogP) is 5.13. The van der Waals surface area contributed by atoms with Crippen LogP contribution in [0.2, 0.25) is 0 Å². The standard InChI is InChI=1S/C22H18ClF5N2O4/c23-22(27,28)34-20-17(25)14(9-16(24)18(20)26)19(31)15(21(32)33)10-29-13-5-3-12(4-6-13)11-30-7-1-2-8-30/h3-6,9-10,29H,1-2,7-8,11H2,(H,32,33)/b15-10-. The first-order chi connectivity index (χ1) is 16.0. The van der Waals surface area contributed by atoms with Crippen molar-refractivity contribution in [1.29, 1.82) is 0 Å². The first-order valence-electron chi connectivity index (χ1n) is 9.95. The fourth-order valence-electron chi connectivity index (χ4n) is 3.38. The van der Waals surface area contributed by atoms with Crippen LogP contribution in [0.15, 0.2) is 42.1 Å². The van der Waals surface area contributed by atoms with E-state index in [1.165, 1.54) is 0 Å². The number of anilines is 1. The molecule has 0 saturated carbocycles. The number of nitrogens with zero attached hydrogens (tertiary/aromatic N) is 1. The second-order valence-electron chi connectivity index (χ2n) is 7.43. The number of nitrogens with one attached hydrogen (secondary N) is 1. The average Bonchev–Trinajstić information content (AvgIpc) is 3.27. The summed E-state index contributed by atoms with van der Waals surface area (Å²) >= 11 is 4.47. The van der Waals surface area contributed by atoms with E-state index in [4.69, 9.17) is 0 Å². The van der Waals surface area contributed by atoms with Gasteiger partial charge in [0.2, 0.25) is 17.3 Å². The molecular weight excluding hydrogens is 487 g/mol. The molecule has 0 atom stereocenters. The number of halogens is 6. The maximum absolute atomic E-state index is 14.5. The third-order valence-corrected chi connectivity index (χ3v) is 5.07. The molecule has 1 heterocycles. The zero-order valence-corrected chi connectivity index (χ0v) is 18.1. The highest BCUT2D eigenvalue weighted by molar-refractivity contribution is 6.24. The second kappa shape index (κ2) is 10.4. The van der Waals surface area contributed by atoms with Gasteiger partial charge in [0.25, 0.3) is 0 Å². The Morgan fingerprint density at radius 2 is 1.74 bits per heavy atom. The largest absolute Gasteiger partial charge is 0.487 e. The number of carbonyl (C=O) groups excluding carboxylic acids is 1. The van der Waals surface area contributed by atoms with Crippen molar-refractivity contribution in [2.24, 2.45) is 0 Å². The molecule has 182 valence electrons. The van der Waals surface area contributed by atoms with Gasteiger partial charge in [-0.2, -0.15) is 4.39 Å². The van der Waals surface area contributed by atoms with Crippen molar-refractivity contribution in [3.05, 3.63) is 70.7 Å². The number of benzene rings is 2. The van der Waals surface area contributed by atoms with Crippen molar-refractivity contribution >= 4 is 29.0 Å². The third kappa shape index (κ3) is 6.23. The Morgan fingerprint density at radius 1 is 1.12 bits per heavy atom. The van der Waals surface area contributed by atoms with Crippen LogP contribution in [-0.4, -0.2) is 40.4 Å². The number of carboxylic acids is 1. The highest BCUT2D eigenvalue weighted by atomic mass is 35.5. The number of carboxylic acid groups (broad SMARTS) is 1. The first kappa shape index (κ1) is 25.4. The summed E-state index contributed by atoms with van der Waals surface area (Å²) in [6.45, 7) is 2.75. The van der Waals surface area contributed by atoms with E-state index in [-0.39, 0.29) is 6.07 Å². The van der Waals surface area contributed by atoms with Gasteiger partial charge in [-0.25, -0.2) is 13.6 Å². The van der Waals surface area contributed by atoms with E-state index in [0.29, 0.717) is 5.69 Å². The molecule has 3 rings (SSSR count). The van der Waals surface area contributed by atoms with Crippen molar-refractivity contribution in [3.63, 3.8) is 0 Å². The Bertz CT molecular complexity index is 1110. The number of aliphatic carboxylic acids is 1. The molecule has 1 saturated heterocycles. The van der Waals surface area contributed by atoms with Crippen molar-refractivity contribution in [2.75, 3.05) is 18.4 Å². The highest BCUT2D eigenvalue weighted by Crippen LogP contribution is 2.34. The summed E-state index contributed by atoms with van der Waals surface area (Å²) < 4.78 is 71.3. The van der Waals surface area contributed by atoms with Gasteiger partial charge in [0.1, 0.15) is 5.57 Å². The number of rotatable bonds is 9. The summed E-state index contributed by atoms with van der Waals surface area (Å²) in [5.41, 5.74) is -5.64. The number of hydrogen-bond donors (Lipinski definition) is 2. The summed E-state index contributed by atoms with van der Waals surface area (Å²) in [7, 11) is 0. The van der Waals surface area contributed by atoms with Crippen LogP contribution in [0.5, 0.6) is 5.75 Å². The first-order valence-corrected chi connectivity index (χ1v) is 10.3. The Balaban J connectivity index is 1.83. The maximum atomic E-state index is 14.5. The monoisotopic (exact) mass is 504 g/mol. The molecule has 2 N–H and O–H groups in total. The van der Waals surface area contributed by atoms with Crippen molar-refractivity contribution in [1.82, 2.24) is 4.90 Å². The minimum Gasteiger partial charge on any atom is -0.477 e. The summed E-state index contributed by atoms with van der Waals surface area (Å²) in [5, 5.41) is 11.9. The van der Waals surface area contributed by atoms with Gasteiger partial charge >= 0.3 is 11.5 Å². The molecule has 0 spiro atoms. The van der Waals surface area contributed by atoms with Gasteiger partial charge in [0.05, 0.1) is 5.56 Å². The molecule has 2 aromatic carbocycles. The topological polar surface area (TPSA) is 78.9 Å². The normalized spacial score (nSPS) is 14.8. The van der Waals surface area contributed by atoms with Gasteiger partial charge in [0.15, 0.2) is 11.6 Å². The third-order valence-electron chi connectivity index (χ3n) is 5.00. The second-order valence-corrected chi connectivity index (χ2v) is 7.87. The Hall–Kier alpha value is -3.18. The van der Waals surface area contributed by atoms with E-state index in [2.05, 4.69) is 26.6 Å².